The summed E-state index contributed by atoms with van der Waals surface area (Å²) in [7, 11) is 5.62. The van der Waals surface area contributed by atoms with Gasteiger partial charge in [0.1, 0.15) is 0 Å². The molecule has 2 atom stereocenters. The fourth-order valence-corrected chi connectivity index (χ4v) is 3.49. The van der Waals surface area contributed by atoms with Crippen LogP contribution in [0.15, 0.2) is 24.5 Å². The minimum Gasteiger partial charge on any atom is -0.359 e. The maximum Gasteiger partial charge on any atom is 0.251 e. The van der Waals surface area contributed by atoms with Gasteiger partial charge in [-0.3, -0.25) is 14.5 Å². The van der Waals surface area contributed by atoms with E-state index < -0.39 is 0 Å². The second kappa shape index (κ2) is 7.23. The lowest BCUT2D eigenvalue weighted by Gasteiger charge is -2.25. The van der Waals surface area contributed by atoms with Gasteiger partial charge in [0, 0.05) is 44.7 Å². The van der Waals surface area contributed by atoms with Crippen molar-refractivity contribution in [2.75, 3.05) is 20.6 Å². The summed E-state index contributed by atoms with van der Waals surface area (Å²) in [4.78, 5) is 30.5. The Hall–Kier alpha value is -2.41. The van der Waals surface area contributed by atoms with Crippen LogP contribution in [-0.4, -0.2) is 59.0 Å². The third kappa shape index (κ3) is 3.66. The molecule has 2 N–H and O–H groups in total. The predicted octanol–water partition coefficient (Wildman–Crippen LogP) is 0.902. The number of nitrogens with one attached hydrogen (secondary N) is 2. The number of imidazole rings is 1. The summed E-state index contributed by atoms with van der Waals surface area (Å²) in [6.45, 7) is 0.583. The molecule has 1 saturated heterocycles. The maximum absolute atomic E-state index is 12.4. The summed E-state index contributed by atoms with van der Waals surface area (Å²) in [5.74, 6) is -0.0269. The quantitative estimate of drug-likeness (QED) is 0.845. The SMILES string of the molecule is CNC(=O)C[C@H]1CC[C@@H](CNC(=O)c2ccc3c(c2)ncn3C)N1C. The Balaban J connectivity index is 1.57. The van der Waals surface area contributed by atoms with Crippen LogP contribution in [0, 0.1) is 0 Å². The molecule has 1 fully saturated rings. The molecule has 0 spiro atoms. The number of benzene rings is 1. The number of carbonyl (C=O) groups is 2. The number of aryl methyl sites for hydroxylation is 1. The molecule has 0 unspecified atom stereocenters. The summed E-state index contributed by atoms with van der Waals surface area (Å²) in [6, 6.07) is 6.06. The van der Waals surface area contributed by atoms with E-state index in [1.54, 1.807) is 13.4 Å². The first kappa shape index (κ1) is 17.4. The minimum absolute atomic E-state index is 0.0604. The average molecular weight is 343 g/mol. The summed E-state index contributed by atoms with van der Waals surface area (Å²) in [5, 5.41) is 5.69. The van der Waals surface area contributed by atoms with Crippen molar-refractivity contribution in [1.29, 1.82) is 0 Å². The highest BCUT2D eigenvalue weighted by molar-refractivity contribution is 5.97. The van der Waals surface area contributed by atoms with E-state index in [9.17, 15) is 9.59 Å². The molecular weight excluding hydrogens is 318 g/mol. The lowest BCUT2D eigenvalue weighted by molar-refractivity contribution is -0.121. The van der Waals surface area contributed by atoms with E-state index in [1.165, 1.54) is 0 Å². The zero-order chi connectivity index (χ0) is 18.0. The molecule has 3 rings (SSSR count). The van der Waals surface area contributed by atoms with E-state index in [1.807, 2.05) is 36.9 Å². The molecule has 0 aliphatic carbocycles. The molecule has 0 saturated carbocycles. The van der Waals surface area contributed by atoms with Gasteiger partial charge in [0.15, 0.2) is 0 Å². The Morgan fingerprint density at radius 2 is 2.00 bits per heavy atom. The largest absolute Gasteiger partial charge is 0.359 e. The number of likely N-dealkylation sites (N-methyl/N-ethyl adjacent to an activating group) is 1. The molecule has 7 heteroatoms. The number of nitrogens with zero attached hydrogens (tertiary/aromatic N) is 3. The minimum atomic E-state index is -0.0873. The Morgan fingerprint density at radius 3 is 2.76 bits per heavy atom. The third-order valence-corrected chi connectivity index (χ3v) is 5.17. The summed E-state index contributed by atoms with van der Waals surface area (Å²) in [6.07, 6.45) is 4.21. The first-order valence-electron chi connectivity index (χ1n) is 8.61. The van der Waals surface area contributed by atoms with Gasteiger partial charge >= 0.3 is 0 Å². The van der Waals surface area contributed by atoms with Gasteiger partial charge in [0.05, 0.1) is 17.4 Å². The number of carbonyl (C=O) groups excluding carboxylic acids is 2. The highest BCUT2D eigenvalue weighted by Gasteiger charge is 2.31. The van der Waals surface area contributed by atoms with Crippen LogP contribution in [0.3, 0.4) is 0 Å². The molecule has 2 aromatic rings. The van der Waals surface area contributed by atoms with E-state index in [0.717, 1.165) is 23.9 Å². The van der Waals surface area contributed by atoms with Gasteiger partial charge < -0.3 is 15.2 Å². The Kier molecular flexibility index (Phi) is 5.03. The van der Waals surface area contributed by atoms with Crippen molar-refractivity contribution in [3.8, 4) is 0 Å². The van der Waals surface area contributed by atoms with Crippen LogP contribution < -0.4 is 10.6 Å². The lowest BCUT2D eigenvalue weighted by Crippen LogP contribution is -2.42. The molecule has 1 aliphatic rings. The molecular formula is C18H25N5O2. The van der Waals surface area contributed by atoms with Crippen molar-refractivity contribution in [2.45, 2.75) is 31.3 Å². The van der Waals surface area contributed by atoms with Crippen molar-refractivity contribution in [1.82, 2.24) is 25.1 Å². The third-order valence-electron chi connectivity index (χ3n) is 5.17. The fraction of sp³-hybridized carbons (Fsp3) is 0.500. The van der Waals surface area contributed by atoms with Crippen molar-refractivity contribution < 1.29 is 9.59 Å². The monoisotopic (exact) mass is 343 g/mol. The highest BCUT2D eigenvalue weighted by atomic mass is 16.2. The smallest absolute Gasteiger partial charge is 0.251 e. The number of amides is 2. The zero-order valence-corrected chi connectivity index (χ0v) is 15.0. The molecule has 0 radical (unpaired) electrons. The molecule has 25 heavy (non-hydrogen) atoms. The highest BCUT2D eigenvalue weighted by Crippen LogP contribution is 2.24. The van der Waals surface area contributed by atoms with Crippen molar-refractivity contribution in [2.24, 2.45) is 7.05 Å². The van der Waals surface area contributed by atoms with E-state index in [-0.39, 0.29) is 23.9 Å². The van der Waals surface area contributed by atoms with E-state index >= 15 is 0 Å². The number of likely N-dealkylation sites (tertiary alicyclic amines) is 1. The van der Waals surface area contributed by atoms with Crippen molar-refractivity contribution in [3.63, 3.8) is 0 Å². The van der Waals surface area contributed by atoms with E-state index in [4.69, 9.17) is 0 Å². The first-order chi connectivity index (χ1) is 12.0. The van der Waals surface area contributed by atoms with Crippen LogP contribution in [0.5, 0.6) is 0 Å². The molecule has 2 heterocycles. The zero-order valence-electron chi connectivity index (χ0n) is 15.0. The van der Waals surface area contributed by atoms with Crippen LogP contribution in [0.4, 0.5) is 0 Å². The Labute approximate surface area is 147 Å². The lowest BCUT2D eigenvalue weighted by atomic mass is 10.1. The van der Waals surface area contributed by atoms with Gasteiger partial charge in [-0.15, -0.1) is 0 Å². The molecule has 7 nitrogen and oxygen atoms in total. The van der Waals surface area contributed by atoms with E-state index in [0.29, 0.717) is 18.5 Å². The van der Waals surface area contributed by atoms with Crippen LogP contribution in [0.25, 0.3) is 11.0 Å². The first-order valence-corrected chi connectivity index (χ1v) is 8.61. The number of aromatic nitrogens is 2. The van der Waals surface area contributed by atoms with Crippen LogP contribution in [-0.2, 0) is 11.8 Å². The predicted molar refractivity (Wildman–Crippen MR) is 96.3 cm³/mol. The topological polar surface area (TPSA) is 79.3 Å². The Bertz CT molecular complexity index is 785. The van der Waals surface area contributed by atoms with Crippen molar-refractivity contribution in [3.05, 3.63) is 30.1 Å². The fourth-order valence-electron chi connectivity index (χ4n) is 3.49. The van der Waals surface area contributed by atoms with Crippen LogP contribution in [0.2, 0.25) is 0 Å². The normalized spacial score (nSPS) is 20.8. The van der Waals surface area contributed by atoms with Gasteiger partial charge in [-0.2, -0.15) is 0 Å². The molecule has 0 bridgehead atoms. The van der Waals surface area contributed by atoms with Gasteiger partial charge in [0.2, 0.25) is 5.91 Å². The van der Waals surface area contributed by atoms with E-state index in [2.05, 4.69) is 20.5 Å². The molecule has 1 aromatic heterocycles. The van der Waals surface area contributed by atoms with Gasteiger partial charge in [-0.25, -0.2) is 4.98 Å². The number of rotatable bonds is 5. The summed E-state index contributed by atoms with van der Waals surface area (Å²) >= 11 is 0. The summed E-state index contributed by atoms with van der Waals surface area (Å²) in [5.41, 5.74) is 2.44. The maximum atomic E-state index is 12.4. The van der Waals surface area contributed by atoms with Crippen LogP contribution in [0.1, 0.15) is 29.6 Å². The Morgan fingerprint density at radius 1 is 1.24 bits per heavy atom. The van der Waals surface area contributed by atoms with Crippen molar-refractivity contribution >= 4 is 22.8 Å². The summed E-state index contributed by atoms with van der Waals surface area (Å²) < 4.78 is 1.93. The molecule has 1 aliphatic heterocycles. The second-order valence-electron chi connectivity index (χ2n) is 6.70. The molecule has 134 valence electrons. The number of fused-ring (bicyclic) bond motifs is 1. The molecule has 2 amide bonds. The van der Waals surface area contributed by atoms with Gasteiger partial charge in [0.25, 0.3) is 5.91 Å². The second-order valence-corrected chi connectivity index (χ2v) is 6.70. The average Bonchev–Trinajstić information content (AvgIpc) is 3.16. The van der Waals surface area contributed by atoms with Gasteiger partial charge in [-0.05, 0) is 38.1 Å². The van der Waals surface area contributed by atoms with Crippen LogP contribution >= 0.6 is 0 Å². The van der Waals surface area contributed by atoms with Gasteiger partial charge in [-0.1, -0.05) is 0 Å². The number of hydrogen-bond acceptors (Lipinski definition) is 4. The molecule has 1 aromatic carbocycles. The number of hydrogen-bond donors (Lipinski definition) is 2. The standard InChI is InChI=1S/C18H25N5O2/c1-19-17(24)9-13-5-6-14(23(13)3)10-20-18(25)12-4-7-16-15(8-12)21-11-22(16)2/h4,7-8,11,13-14H,5-6,9-10H2,1-3H3,(H,19,24)(H,20,25)/t13-,14+/m1/s1.